The molecular formula is C12H17N3O3. The summed E-state index contributed by atoms with van der Waals surface area (Å²) in [6.07, 6.45) is 3.70. The van der Waals surface area contributed by atoms with Gasteiger partial charge in [-0.1, -0.05) is 0 Å². The SMILES string of the molecule is COc1ncc(C2CCNCC2)c(C)c1[N+](=O)[O-]. The van der Waals surface area contributed by atoms with E-state index >= 15 is 0 Å². The highest BCUT2D eigenvalue weighted by atomic mass is 16.6. The lowest BCUT2D eigenvalue weighted by Crippen LogP contribution is -2.27. The molecule has 6 nitrogen and oxygen atoms in total. The van der Waals surface area contributed by atoms with Gasteiger partial charge in [-0.05, 0) is 44.3 Å². The Morgan fingerprint density at radius 1 is 1.50 bits per heavy atom. The molecule has 18 heavy (non-hydrogen) atoms. The molecule has 1 aromatic rings. The summed E-state index contributed by atoms with van der Waals surface area (Å²) in [5.74, 6) is 0.443. The molecule has 0 atom stereocenters. The van der Waals surface area contributed by atoms with Crippen molar-refractivity contribution < 1.29 is 9.66 Å². The van der Waals surface area contributed by atoms with E-state index < -0.39 is 4.92 Å². The smallest absolute Gasteiger partial charge is 0.334 e. The lowest BCUT2D eigenvalue weighted by molar-refractivity contribution is -0.386. The molecule has 2 rings (SSSR count). The van der Waals surface area contributed by atoms with Crippen molar-refractivity contribution in [2.24, 2.45) is 0 Å². The number of ether oxygens (including phenoxy) is 1. The first-order valence-corrected chi connectivity index (χ1v) is 6.03. The van der Waals surface area contributed by atoms with Crippen molar-refractivity contribution in [3.05, 3.63) is 27.4 Å². The normalized spacial score (nSPS) is 16.6. The van der Waals surface area contributed by atoms with Crippen molar-refractivity contribution in [2.75, 3.05) is 20.2 Å². The third-order valence-electron chi connectivity index (χ3n) is 3.47. The van der Waals surface area contributed by atoms with E-state index in [0.29, 0.717) is 11.5 Å². The summed E-state index contributed by atoms with van der Waals surface area (Å²) in [5.41, 5.74) is 1.65. The van der Waals surface area contributed by atoms with Gasteiger partial charge in [-0.15, -0.1) is 0 Å². The lowest BCUT2D eigenvalue weighted by Gasteiger charge is -2.24. The first-order chi connectivity index (χ1) is 8.65. The van der Waals surface area contributed by atoms with Gasteiger partial charge in [0, 0.05) is 11.8 Å². The molecule has 1 aromatic heterocycles. The molecule has 1 aliphatic rings. The molecule has 2 heterocycles. The first-order valence-electron chi connectivity index (χ1n) is 6.03. The van der Waals surface area contributed by atoms with Crippen molar-refractivity contribution in [3.63, 3.8) is 0 Å². The number of hydrogen-bond acceptors (Lipinski definition) is 5. The van der Waals surface area contributed by atoms with Crippen LogP contribution in [0.15, 0.2) is 6.20 Å². The van der Waals surface area contributed by atoms with Crippen molar-refractivity contribution in [3.8, 4) is 5.88 Å². The van der Waals surface area contributed by atoms with E-state index in [1.165, 1.54) is 7.11 Å². The van der Waals surface area contributed by atoms with Gasteiger partial charge in [0.25, 0.3) is 5.88 Å². The number of nitro groups is 1. The average molecular weight is 251 g/mol. The van der Waals surface area contributed by atoms with Crippen LogP contribution in [-0.4, -0.2) is 30.1 Å². The number of pyridine rings is 1. The summed E-state index contributed by atoms with van der Waals surface area (Å²) in [7, 11) is 1.40. The molecule has 1 aliphatic heterocycles. The average Bonchev–Trinajstić information content (AvgIpc) is 2.38. The first kappa shape index (κ1) is 12.8. The Hall–Kier alpha value is -1.69. The molecule has 1 saturated heterocycles. The van der Waals surface area contributed by atoms with Crippen molar-refractivity contribution >= 4 is 5.69 Å². The van der Waals surface area contributed by atoms with Crippen molar-refractivity contribution in [1.29, 1.82) is 0 Å². The molecule has 6 heteroatoms. The molecule has 98 valence electrons. The minimum Gasteiger partial charge on any atom is -0.476 e. The van der Waals surface area contributed by atoms with Crippen LogP contribution in [0.2, 0.25) is 0 Å². The van der Waals surface area contributed by atoms with Crippen molar-refractivity contribution in [2.45, 2.75) is 25.7 Å². The van der Waals surface area contributed by atoms with Crippen LogP contribution in [0.25, 0.3) is 0 Å². The number of nitrogens with one attached hydrogen (secondary N) is 1. The number of rotatable bonds is 3. The molecule has 0 aliphatic carbocycles. The maximum Gasteiger partial charge on any atom is 0.334 e. The van der Waals surface area contributed by atoms with E-state index in [-0.39, 0.29) is 11.6 Å². The zero-order chi connectivity index (χ0) is 13.1. The molecule has 1 N–H and O–H groups in total. The maximum absolute atomic E-state index is 11.1. The van der Waals surface area contributed by atoms with Crippen LogP contribution in [0.5, 0.6) is 5.88 Å². The summed E-state index contributed by atoms with van der Waals surface area (Å²) in [4.78, 5) is 14.8. The van der Waals surface area contributed by atoms with Crippen LogP contribution in [0.4, 0.5) is 5.69 Å². The topological polar surface area (TPSA) is 77.3 Å². The quantitative estimate of drug-likeness (QED) is 0.654. The van der Waals surface area contributed by atoms with Gasteiger partial charge in [-0.3, -0.25) is 10.1 Å². The van der Waals surface area contributed by atoms with Crippen molar-refractivity contribution in [1.82, 2.24) is 10.3 Å². The van der Waals surface area contributed by atoms with E-state index in [0.717, 1.165) is 31.5 Å². The summed E-state index contributed by atoms with van der Waals surface area (Å²) < 4.78 is 4.96. The Labute approximate surface area is 106 Å². The highest BCUT2D eigenvalue weighted by molar-refractivity contribution is 5.52. The van der Waals surface area contributed by atoms with E-state index in [9.17, 15) is 10.1 Å². The fourth-order valence-electron chi connectivity index (χ4n) is 2.49. The van der Waals surface area contributed by atoms with E-state index in [2.05, 4.69) is 10.3 Å². The maximum atomic E-state index is 11.1. The van der Waals surface area contributed by atoms with Gasteiger partial charge in [0.2, 0.25) is 0 Å². The minimum atomic E-state index is -0.411. The van der Waals surface area contributed by atoms with Gasteiger partial charge in [0.05, 0.1) is 12.0 Å². The number of methoxy groups -OCH3 is 1. The Morgan fingerprint density at radius 3 is 2.72 bits per heavy atom. The Kier molecular flexibility index (Phi) is 3.76. The van der Waals surface area contributed by atoms with Gasteiger partial charge in [-0.25, -0.2) is 4.98 Å². The highest BCUT2D eigenvalue weighted by Crippen LogP contribution is 2.36. The second kappa shape index (κ2) is 5.30. The van der Waals surface area contributed by atoms with Gasteiger partial charge < -0.3 is 10.1 Å². The third kappa shape index (κ3) is 2.28. The molecule has 1 fully saturated rings. The number of piperidine rings is 1. The molecule has 0 aromatic carbocycles. The Bertz CT molecular complexity index is 456. The van der Waals surface area contributed by atoms with Crippen LogP contribution >= 0.6 is 0 Å². The van der Waals surface area contributed by atoms with Gasteiger partial charge in [0.15, 0.2) is 0 Å². The summed E-state index contributed by atoms with van der Waals surface area (Å²) in [6.45, 7) is 3.67. The predicted octanol–water partition coefficient (Wildman–Crippen LogP) is 1.77. The van der Waals surface area contributed by atoms with Crippen LogP contribution < -0.4 is 10.1 Å². The standard InChI is InChI=1S/C12H17N3O3/c1-8-10(9-3-5-13-6-4-9)7-14-12(18-2)11(8)15(16)17/h7,9,13H,3-6H2,1-2H3. The molecule has 0 radical (unpaired) electrons. The second-order valence-electron chi connectivity index (χ2n) is 4.48. The number of nitrogens with zero attached hydrogens (tertiary/aromatic N) is 2. The summed E-state index contributed by atoms with van der Waals surface area (Å²) in [6, 6.07) is 0. The fraction of sp³-hybridized carbons (Fsp3) is 0.583. The number of aromatic nitrogens is 1. The summed E-state index contributed by atoms with van der Waals surface area (Å²) >= 11 is 0. The molecule has 0 amide bonds. The van der Waals surface area contributed by atoms with E-state index in [1.54, 1.807) is 13.1 Å². The molecule has 0 bridgehead atoms. The molecule has 0 spiro atoms. The van der Waals surface area contributed by atoms with Crippen LogP contribution in [-0.2, 0) is 0 Å². The third-order valence-corrected chi connectivity index (χ3v) is 3.47. The number of hydrogen-bond donors (Lipinski definition) is 1. The molecule has 0 unspecified atom stereocenters. The van der Waals surface area contributed by atoms with Crippen LogP contribution in [0, 0.1) is 17.0 Å². The monoisotopic (exact) mass is 251 g/mol. The Balaban J connectivity index is 2.42. The highest BCUT2D eigenvalue weighted by Gasteiger charge is 2.26. The zero-order valence-electron chi connectivity index (χ0n) is 10.6. The van der Waals surface area contributed by atoms with Crippen LogP contribution in [0.1, 0.15) is 29.9 Å². The van der Waals surface area contributed by atoms with Gasteiger partial charge >= 0.3 is 5.69 Å². The fourth-order valence-corrected chi connectivity index (χ4v) is 2.49. The minimum absolute atomic E-state index is 0.00599. The lowest BCUT2D eigenvalue weighted by atomic mass is 9.88. The zero-order valence-corrected chi connectivity index (χ0v) is 10.6. The van der Waals surface area contributed by atoms with E-state index in [4.69, 9.17) is 4.74 Å². The molecular weight excluding hydrogens is 234 g/mol. The van der Waals surface area contributed by atoms with Gasteiger partial charge in [-0.2, -0.15) is 0 Å². The predicted molar refractivity (Wildman–Crippen MR) is 67.0 cm³/mol. The Morgan fingerprint density at radius 2 is 2.17 bits per heavy atom. The largest absolute Gasteiger partial charge is 0.476 e. The second-order valence-corrected chi connectivity index (χ2v) is 4.48. The van der Waals surface area contributed by atoms with Crippen LogP contribution in [0.3, 0.4) is 0 Å². The van der Waals surface area contributed by atoms with Gasteiger partial charge in [0.1, 0.15) is 0 Å². The summed E-state index contributed by atoms with van der Waals surface area (Å²) in [5, 5.41) is 14.4. The van der Waals surface area contributed by atoms with E-state index in [1.807, 2.05) is 0 Å². The molecule has 0 saturated carbocycles.